The predicted molar refractivity (Wildman–Crippen MR) is 70.8 cm³/mol. The third-order valence-electron chi connectivity index (χ3n) is 3.54. The monoisotopic (exact) mass is 262 g/mol. The molecule has 1 aliphatic heterocycles. The molecule has 0 aliphatic carbocycles. The Hall–Kier alpha value is -1.91. The molecular formula is C14H18N2O3. The molecule has 5 nitrogen and oxygen atoms in total. The molecule has 1 aromatic rings. The van der Waals surface area contributed by atoms with Crippen molar-refractivity contribution in [1.82, 2.24) is 9.47 Å². The number of nitrogens with zero attached hydrogens (tertiary/aromatic N) is 2. The molecular weight excluding hydrogens is 244 g/mol. The first kappa shape index (κ1) is 13.5. The Morgan fingerprint density at radius 3 is 2.84 bits per heavy atom. The molecule has 1 saturated heterocycles. The second kappa shape index (κ2) is 5.38. The average molecular weight is 262 g/mol. The summed E-state index contributed by atoms with van der Waals surface area (Å²) in [7, 11) is 0. The van der Waals surface area contributed by atoms with Crippen LogP contribution in [0, 0.1) is 12.8 Å². The van der Waals surface area contributed by atoms with Gasteiger partial charge in [0.05, 0.1) is 0 Å². The first-order valence-corrected chi connectivity index (χ1v) is 6.45. The maximum absolute atomic E-state index is 12.1. The minimum Gasteiger partial charge on any atom is -0.340 e. The number of carbonyl (C=O) groups excluding carboxylic acids is 2. The Labute approximate surface area is 111 Å². The van der Waals surface area contributed by atoms with Crippen molar-refractivity contribution < 1.29 is 9.59 Å². The predicted octanol–water partition coefficient (Wildman–Crippen LogP) is 0.594. The molecule has 1 unspecified atom stereocenters. The molecule has 1 atom stereocenters. The van der Waals surface area contributed by atoms with Crippen molar-refractivity contribution in [2.24, 2.45) is 5.92 Å². The summed E-state index contributed by atoms with van der Waals surface area (Å²) in [6.07, 6.45) is 2.03. The van der Waals surface area contributed by atoms with Gasteiger partial charge in [0.25, 0.3) is 5.56 Å². The Kier molecular flexibility index (Phi) is 3.83. The summed E-state index contributed by atoms with van der Waals surface area (Å²) in [6.45, 7) is 4.52. The number of hydrogen-bond donors (Lipinski definition) is 0. The van der Waals surface area contributed by atoms with E-state index in [1.165, 1.54) is 4.57 Å². The van der Waals surface area contributed by atoms with Gasteiger partial charge in [-0.2, -0.15) is 0 Å². The number of rotatable bonds is 2. The number of Topliss-reactive ketones (excluding diaryl/α,β-unsaturated/α-hetero) is 1. The van der Waals surface area contributed by atoms with E-state index in [-0.39, 0.29) is 29.7 Å². The molecule has 0 aromatic carbocycles. The van der Waals surface area contributed by atoms with Gasteiger partial charge in [0.1, 0.15) is 12.3 Å². The fourth-order valence-electron chi connectivity index (χ4n) is 2.27. The third-order valence-corrected chi connectivity index (χ3v) is 3.54. The van der Waals surface area contributed by atoms with E-state index in [1.807, 2.05) is 6.92 Å². The quantitative estimate of drug-likeness (QED) is 0.784. The molecule has 0 saturated carbocycles. The SMILES string of the molecule is Cc1cccn(CC(=O)N2CCC(=O)C(C)C2)c1=O. The highest BCUT2D eigenvalue weighted by molar-refractivity contribution is 5.85. The van der Waals surface area contributed by atoms with Crippen LogP contribution in [0.3, 0.4) is 0 Å². The number of piperidine rings is 1. The second-order valence-corrected chi connectivity index (χ2v) is 5.08. The lowest BCUT2D eigenvalue weighted by molar-refractivity contribution is -0.137. The lowest BCUT2D eigenvalue weighted by Gasteiger charge is -2.30. The van der Waals surface area contributed by atoms with Crippen molar-refractivity contribution >= 4 is 11.7 Å². The standard InChI is InChI=1S/C14H18N2O3/c1-10-4-3-6-16(14(10)19)9-13(18)15-7-5-12(17)11(2)8-15/h3-4,6,11H,5,7-9H2,1-2H3. The highest BCUT2D eigenvalue weighted by Crippen LogP contribution is 2.12. The van der Waals surface area contributed by atoms with Crippen molar-refractivity contribution in [2.45, 2.75) is 26.8 Å². The molecule has 2 rings (SSSR count). The van der Waals surface area contributed by atoms with Gasteiger partial charge in [-0.25, -0.2) is 0 Å². The number of ketones is 1. The Balaban J connectivity index is 2.07. The van der Waals surface area contributed by atoms with Crippen LogP contribution in [0.1, 0.15) is 18.9 Å². The third kappa shape index (κ3) is 2.92. The van der Waals surface area contributed by atoms with Crippen LogP contribution in [0.5, 0.6) is 0 Å². The number of amides is 1. The van der Waals surface area contributed by atoms with E-state index >= 15 is 0 Å². The average Bonchev–Trinajstić information content (AvgIpc) is 2.38. The number of aromatic nitrogens is 1. The summed E-state index contributed by atoms with van der Waals surface area (Å²) < 4.78 is 1.42. The fourth-order valence-corrected chi connectivity index (χ4v) is 2.27. The van der Waals surface area contributed by atoms with Gasteiger partial charge in [-0.3, -0.25) is 14.4 Å². The van der Waals surface area contributed by atoms with Crippen molar-refractivity contribution in [3.63, 3.8) is 0 Å². The highest BCUT2D eigenvalue weighted by atomic mass is 16.2. The van der Waals surface area contributed by atoms with Crippen LogP contribution in [-0.4, -0.2) is 34.2 Å². The summed E-state index contributed by atoms with van der Waals surface area (Å²) >= 11 is 0. The lowest BCUT2D eigenvalue weighted by atomic mass is 9.98. The summed E-state index contributed by atoms with van der Waals surface area (Å²) in [6, 6.07) is 3.48. The number of carbonyl (C=O) groups is 2. The van der Waals surface area contributed by atoms with Gasteiger partial charge in [-0.05, 0) is 13.0 Å². The topological polar surface area (TPSA) is 59.4 Å². The van der Waals surface area contributed by atoms with Crippen LogP contribution in [0.2, 0.25) is 0 Å². The van der Waals surface area contributed by atoms with E-state index in [2.05, 4.69) is 0 Å². The maximum Gasteiger partial charge on any atom is 0.253 e. The number of likely N-dealkylation sites (tertiary alicyclic amines) is 1. The minimum atomic E-state index is -0.142. The molecule has 1 aliphatic rings. The molecule has 19 heavy (non-hydrogen) atoms. The molecule has 1 amide bonds. The molecule has 102 valence electrons. The summed E-state index contributed by atoms with van der Waals surface area (Å²) in [5, 5.41) is 0. The van der Waals surface area contributed by atoms with Gasteiger partial charge in [0.15, 0.2) is 0 Å². The van der Waals surface area contributed by atoms with Gasteiger partial charge in [0.2, 0.25) is 5.91 Å². The largest absolute Gasteiger partial charge is 0.340 e. The molecule has 0 spiro atoms. The van der Waals surface area contributed by atoms with Crippen LogP contribution < -0.4 is 5.56 Å². The van der Waals surface area contributed by atoms with Crippen molar-refractivity contribution in [1.29, 1.82) is 0 Å². The van der Waals surface area contributed by atoms with E-state index in [0.29, 0.717) is 25.1 Å². The molecule has 0 radical (unpaired) electrons. The first-order chi connectivity index (χ1) is 8.99. The lowest BCUT2D eigenvalue weighted by Crippen LogP contribution is -2.45. The summed E-state index contributed by atoms with van der Waals surface area (Å²) in [5.74, 6) is -0.00393. The maximum atomic E-state index is 12.1. The second-order valence-electron chi connectivity index (χ2n) is 5.08. The summed E-state index contributed by atoms with van der Waals surface area (Å²) in [4.78, 5) is 37.1. The zero-order valence-corrected chi connectivity index (χ0v) is 11.3. The molecule has 0 N–H and O–H groups in total. The van der Waals surface area contributed by atoms with E-state index in [9.17, 15) is 14.4 Å². The van der Waals surface area contributed by atoms with Crippen LogP contribution in [-0.2, 0) is 16.1 Å². The number of pyridine rings is 1. The molecule has 5 heteroatoms. The van der Waals surface area contributed by atoms with Crippen LogP contribution in [0.15, 0.2) is 23.1 Å². The zero-order chi connectivity index (χ0) is 14.0. The van der Waals surface area contributed by atoms with E-state index in [4.69, 9.17) is 0 Å². The molecule has 2 heterocycles. The van der Waals surface area contributed by atoms with E-state index < -0.39 is 0 Å². The fraction of sp³-hybridized carbons (Fsp3) is 0.500. The van der Waals surface area contributed by atoms with Gasteiger partial charge in [-0.15, -0.1) is 0 Å². The normalized spacial score (nSPS) is 19.6. The Bertz CT molecular complexity index is 562. The molecule has 1 fully saturated rings. The van der Waals surface area contributed by atoms with Crippen molar-refractivity contribution in [3.8, 4) is 0 Å². The van der Waals surface area contributed by atoms with Gasteiger partial charge < -0.3 is 9.47 Å². The zero-order valence-electron chi connectivity index (χ0n) is 11.3. The number of aryl methyl sites for hydroxylation is 1. The van der Waals surface area contributed by atoms with Gasteiger partial charge >= 0.3 is 0 Å². The Morgan fingerprint density at radius 2 is 2.16 bits per heavy atom. The number of hydrogen-bond acceptors (Lipinski definition) is 3. The first-order valence-electron chi connectivity index (χ1n) is 6.45. The van der Waals surface area contributed by atoms with Gasteiger partial charge in [-0.1, -0.05) is 13.0 Å². The van der Waals surface area contributed by atoms with E-state index in [0.717, 1.165) is 0 Å². The smallest absolute Gasteiger partial charge is 0.253 e. The van der Waals surface area contributed by atoms with Gasteiger partial charge in [0, 0.05) is 37.2 Å². The summed E-state index contributed by atoms with van der Waals surface area (Å²) in [5.41, 5.74) is 0.481. The van der Waals surface area contributed by atoms with Crippen molar-refractivity contribution in [2.75, 3.05) is 13.1 Å². The van der Waals surface area contributed by atoms with Crippen LogP contribution in [0.25, 0.3) is 0 Å². The minimum absolute atomic E-state index is 0.0431. The van der Waals surface area contributed by atoms with E-state index in [1.54, 1.807) is 30.2 Å². The highest BCUT2D eigenvalue weighted by Gasteiger charge is 2.26. The molecule has 0 bridgehead atoms. The van der Waals surface area contributed by atoms with Crippen molar-refractivity contribution in [3.05, 3.63) is 34.2 Å². The van der Waals surface area contributed by atoms with Crippen LogP contribution in [0.4, 0.5) is 0 Å². The molecule has 1 aromatic heterocycles. The Morgan fingerprint density at radius 1 is 1.42 bits per heavy atom. The van der Waals surface area contributed by atoms with Crippen LogP contribution >= 0.6 is 0 Å².